The second-order valence-corrected chi connectivity index (χ2v) is 4.23. The Hall–Kier alpha value is -2.58. The van der Waals surface area contributed by atoms with Crippen LogP contribution < -0.4 is 5.32 Å². The van der Waals surface area contributed by atoms with E-state index in [0.29, 0.717) is 18.7 Å². The van der Waals surface area contributed by atoms with Crippen molar-refractivity contribution in [3.8, 4) is 6.07 Å². The van der Waals surface area contributed by atoms with Crippen LogP contribution in [0.25, 0.3) is 6.08 Å². The van der Waals surface area contributed by atoms with E-state index in [1.165, 1.54) is 0 Å². The first-order valence-electron chi connectivity index (χ1n) is 6.35. The predicted octanol–water partition coefficient (Wildman–Crippen LogP) is 1.87. The van der Waals surface area contributed by atoms with Crippen LogP contribution in [0.1, 0.15) is 11.1 Å². The summed E-state index contributed by atoms with van der Waals surface area (Å²) in [5, 5.41) is 24.8. The molecule has 2 rings (SSSR count). The summed E-state index contributed by atoms with van der Waals surface area (Å²) in [5.41, 5.74) is 2.64. The van der Waals surface area contributed by atoms with Gasteiger partial charge in [-0.1, -0.05) is 24.3 Å². The SMILES string of the molecule is N#Cc1ccc(/C=C/CNc2cnn(CCO)c2)cc1. The summed E-state index contributed by atoms with van der Waals surface area (Å²) >= 11 is 0. The van der Waals surface area contributed by atoms with Crippen LogP contribution in [0.5, 0.6) is 0 Å². The minimum atomic E-state index is 0.0831. The van der Waals surface area contributed by atoms with Crippen LogP contribution >= 0.6 is 0 Å². The summed E-state index contributed by atoms with van der Waals surface area (Å²) in [5.74, 6) is 0. The minimum absolute atomic E-state index is 0.0831. The molecular weight excluding hydrogens is 252 g/mol. The Kier molecular flexibility index (Phi) is 4.93. The van der Waals surface area contributed by atoms with Crippen molar-refractivity contribution >= 4 is 11.8 Å². The molecule has 0 radical (unpaired) electrons. The third kappa shape index (κ3) is 3.97. The van der Waals surface area contributed by atoms with Gasteiger partial charge in [-0.3, -0.25) is 4.68 Å². The molecule has 1 aromatic carbocycles. The van der Waals surface area contributed by atoms with E-state index < -0.39 is 0 Å². The molecule has 0 saturated carbocycles. The van der Waals surface area contributed by atoms with E-state index in [2.05, 4.69) is 16.5 Å². The Labute approximate surface area is 117 Å². The van der Waals surface area contributed by atoms with Crippen molar-refractivity contribution in [2.45, 2.75) is 6.54 Å². The Morgan fingerprint density at radius 3 is 2.85 bits per heavy atom. The van der Waals surface area contributed by atoms with Crippen molar-refractivity contribution in [3.63, 3.8) is 0 Å². The van der Waals surface area contributed by atoms with E-state index in [4.69, 9.17) is 10.4 Å². The average Bonchev–Trinajstić information content (AvgIpc) is 2.92. The van der Waals surface area contributed by atoms with Crippen LogP contribution in [-0.4, -0.2) is 28.0 Å². The highest BCUT2D eigenvalue weighted by molar-refractivity contribution is 5.52. The van der Waals surface area contributed by atoms with Crippen LogP contribution in [0.4, 0.5) is 5.69 Å². The van der Waals surface area contributed by atoms with Gasteiger partial charge in [0.15, 0.2) is 0 Å². The second kappa shape index (κ2) is 7.12. The number of aromatic nitrogens is 2. The number of benzene rings is 1. The molecule has 5 nitrogen and oxygen atoms in total. The maximum Gasteiger partial charge on any atom is 0.0991 e. The fourth-order valence-corrected chi connectivity index (χ4v) is 1.72. The predicted molar refractivity (Wildman–Crippen MR) is 78.0 cm³/mol. The summed E-state index contributed by atoms with van der Waals surface area (Å²) in [6.07, 6.45) is 7.58. The molecule has 0 amide bonds. The highest BCUT2D eigenvalue weighted by Crippen LogP contribution is 2.06. The smallest absolute Gasteiger partial charge is 0.0991 e. The maximum atomic E-state index is 8.79. The van der Waals surface area contributed by atoms with Crippen LogP contribution in [0.2, 0.25) is 0 Å². The molecule has 0 bridgehead atoms. The fraction of sp³-hybridized carbons (Fsp3) is 0.200. The lowest BCUT2D eigenvalue weighted by Crippen LogP contribution is -2.02. The lowest BCUT2D eigenvalue weighted by atomic mass is 10.1. The molecule has 0 atom stereocenters. The first-order valence-corrected chi connectivity index (χ1v) is 6.35. The number of aliphatic hydroxyl groups excluding tert-OH is 1. The number of nitrogens with zero attached hydrogens (tertiary/aromatic N) is 3. The Balaban J connectivity index is 1.82. The van der Waals surface area contributed by atoms with Crippen molar-refractivity contribution in [2.24, 2.45) is 0 Å². The summed E-state index contributed by atoms with van der Waals surface area (Å²) in [4.78, 5) is 0. The summed E-state index contributed by atoms with van der Waals surface area (Å²) < 4.78 is 1.69. The van der Waals surface area contributed by atoms with Gasteiger partial charge in [-0.2, -0.15) is 10.4 Å². The molecule has 0 fully saturated rings. The van der Waals surface area contributed by atoms with Crippen molar-refractivity contribution in [2.75, 3.05) is 18.5 Å². The standard InChI is InChI=1S/C15H16N4O/c16-10-14-5-3-13(4-6-14)2-1-7-17-15-11-18-19(12-15)8-9-20/h1-6,11-12,17,20H,7-9H2/b2-1+. The number of anilines is 1. The molecule has 0 aliphatic carbocycles. The number of aliphatic hydroxyl groups is 1. The van der Waals surface area contributed by atoms with E-state index in [9.17, 15) is 0 Å². The number of hydrogen-bond donors (Lipinski definition) is 2. The van der Waals surface area contributed by atoms with Crippen LogP contribution in [0, 0.1) is 11.3 Å². The molecule has 2 N–H and O–H groups in total. The van der Waals surface area contributed by atoms with E-state index in [1.807, 2.05) is 30.5 Å². The molecule has 0 aliphatic rings. The lowest BCUT2D eigenvalue weighted by Gasteiger charge is -1.98. The van der Waals surface area contributed by atoms with Crippen LogP contribution in [0.3, 0.4) is 0 Å². The molecular formula is C15H16N4O. The van der Waals surface area contributed by atoms with Crippen LogP contribution in [-0.2, 0) is 6.54 Å². The van der Waals surface area contributed by atoms with Crippen molar-refractivity contribution in [3.05, 3.63) is 53.9 Å². The fourth-order valence-electron chi connectivity index (χ4n) is 1.72. The second-order valence-electron chi connectivity index (χ2n) is 4.23. The molecule has 0 aliphatic heterocycles. The largest absolute Gasteiger partial charge is 0.394 e. The van der Waals surface area contributed by atoms with Gasteiger partial charge in [0.2, 0.25) is 0 Å². The quantitative estimate of drug-likeness (QED) is 0.838. The summed E-state index contributed by atoms with van der Waals surface area (Å²) in [6.45, 7) is 1.27. The zero-order valence-electron chi connectivity index (χ0n) is 11.0. The average molecular weight is 268 g/mol. The van der Waals surface area contributed by atoms with E-state index >= 15 is 0 Å². The van der Waals surface area contributed by atoms with Crippen molar-refractivity contribution in [1.29, 1.82) is 5.26 Å². The molecule has 0 unspecified atom stereocenters. The first-order chi connectivity index (χ1) is 9.81. The molecule has 2 aromatic rings. The van der Waals surface area contributed by atoms with Crippen molar-refractivity contribution < 1.29 is 5.11 Å². The van der Waals surface area contributed by atoms with Crippen LogP contribution in [0.15, 0.2) is 42.7 Å². The van der Waals surface area contributed by atoms with Crippen molar-refractivity contribution in [1.82, 2.24) is 9.78 Å². The maximum absolute atomic E-state index is 8.79. The number of rotatable bonds is 6. The number of nitriles is 1. The van der Waals surface area contributed by atoms with Gasteiger partial charge >= 0.3 is 0 Å². The molecule has 5 heteroatoms. The molecule has 1 aromatic heterocycles. The molecule has 1 heterocycles. The third-order valence-electron chi connectivity index (χ3n) is 2.74. The Morgan fingerprint density at radius 2 is 2.15 bits per heavy atom. The van der Waals surface area contributed by atoms with Gasteiger partial charge in [-0.15, -0.1) is 0 Å². The molecule has 0 saturated heterocycles. The zero-order chi connectivity index (χ0) is 14.2. The van der Waals surface area contributed by atoms with E-state index in [-0.39, 0.29) is 6.61 Å². The molecule has 20 heavy (non-hydrogen) atoms. The highest BCUT2D eigenvalue weighted by atomic mass is 16.3. The summed E-state index contributed by atoms with van der Waals surface area (Å²) in [7, 11) is 0. The minimum Gasteiger partial charge on any atom is -0.394 e. The monoisotopic (exact) mass is 268 g/mol. The third-order valence-corrected chi connectivity index (χ3v) is 2.74. The van der Waals surface area contributed by atoms with Gasteiger partial charge in [0.25, 0.3) is 0 Å². The molecule has 0 spiro atoms. The van der Waals surface area contributed by atoms with Gasteiger partial charge in [0.1, 0.15) is 0 Å². The van der Waals surface area contributed by atoms with E-state index in [0.717, 1.165) is 11.3 Å². The van der Waals surface area contributed by atoms with Gasteiger partial charge in [0.05, 0.1) is 36.7 Å². The normalized spacial score (nSPS) is 10.6. The topological polar surface area (TPSA) is 73.9 Å². The lowest BCUT2D eigenvalue weighted by molar-refractivity contribution is 0.269. The van der Waals surface area contributed by atoms with Gasteiger partial charge in [0, 0.05) is 12.7 Å². The number of nitrogens with one attached hydrogen (secondary N) is 1. The van der Waals surface area contributed by atoms with Gasteiger partial charge < -0.3 is 10.4 Å². The Bertz CT molecular complexity index is 608. The van der Waals surface area contributed by atoms with Gasteiger partial charge in [-0.05, 0) is 17.7 Å². The molecule has 102 valence electrons. The summed E-state index contributed by atoms with van der Waals surface area (Å²) in [6, 6.07) is 9.51. The first kappa shape index (κ1) is 13.8. The van der Waals surface area contributed by atoms with Gasteiger partial charge in [-0.25, -0.2) is 0 Å². The Morgan fingerprint density at radius 1 is 1.35 bits per heavy atom. The van der Waals surface area contributed by atoms with E-state index in [1.54, 1.807) is 23.0 Å². The number of hydrogen-bond acceptors (Lipinski definition) is 4. The zero-order valence-corrected chi connectivity index (χ0v) is 11.0. The highest BCUT2D eigenvalue weighted by Gasteiger charge is 1.95.